The minimum atomic E-state index is -4.59. The molecular weight excluding hydrogens is 309 g/mol. The highest BCUT2D eigenvalue weighted by atomic mass is 32.2. The minimum Gasteiger partial charge on any atom is -0.495 e. The van der Waals surface area contributed by atoms with Gasteiger partial charge in [-0.15, -0.1) is 0 Å². The van der Waals surface area contributed by atoms with Gasteiger partial charge in [-0.2, -0.15) is 17.5 Å². The summed E-state index contributed by atoms with van der Waals surface area (Å²) >= 11 is 0. The lowest BCUT2D eigenvalue weighted by atomic mass is 10.3. The normalized spacial score (nSPS) is 16.2. The Balaban J connectivity index is 2.36. The van der Waals surface area contributed by atoms with Crippen LogP contribution >= 0.6 is 0 Å². The summed E-state index contributed by atoms with van der Waals surface area (Å²) in [5, 5.41) is 0. The minimum absolute atomic E-state index is 0.0568. The Hall–Kier alpha value is -1.48. The molecule has 2 rings (SSSR count). The third-order valence-corrected chi connectivity index (χ3v) is 4.99. The largest absolute Gasteiger partial charge is 0.495 e. The van der Waals surface area contributed by atoms with Crippen molar-refractivity contribution in [1.29, 1.82) is 0 Å². The lowest BCUT2D eigenvalue weighted by molar-refractivity contribution is -0.137. The Morgan fingerprint density at radius 1 is 1.38 bits per heavy atom. The highest BCUT2D eigenvalue weighted by molar-refractivity contribution is 7.89. The molecule has 0 amide bonds. The molecule has 0 spiro atoms. The molecule has 0 aromatic heterocycles. The summed E-state index contributed by atoms with van der Waals surface area (Å²) in [5.74, 6) is 0.266. The molecule has 1 fully saturated rings. The number of nitrogen functional groups attached to an aromatic ring is 1. The molecule has 0 aliphatic heterocycles. The standard InChI is InChI=1S/C12H15F3N2O3S/c1-20-11-5-4-9(6-10(11)16)21(18,19)17(8-2-3-8)7-12(13,14)15/h4-6,8H,2-3,7,16H2,1H3. The van der Waals surface area contributed by atoms with Crippen LogP contribution in [0.1, 0.15) is 12.8 Å². The molecule has 1 aliphatic carbocycles. The quantitative estimate of drug-likeness (QED) is 0.841. The Morgan fingerprint density at radius 2 is 2.00 bits per heavy atom. The topological polar surface area (TPSA) is 72.6 Å². The summed E-state index contributed by atoms with van der Waals surface area (Å²) in [6.45, 7) is -1.49. The van der Waals surface area contributed by atoms with Crippen LogP contribution in [0.3, 0.4) is 0 Å². The van der Waals surface area contributed by atoms with E-state index in [0.29, 0.717) is 17.1 Å². The van der Waals surface area contributed by atoms with E-state index in [1.165, 1.54) is 19.2 Å². The second kappa shape index (κ2) is 5.38. The van der Waals surface area contributed by atoms with Crippen molar-refractivity contribution in [2.75, 3.05) is 19.4 Å². The van der Waals surface area contributed by atoms with Gasteiger partial charge in [-0.1, -0.05) is 0 Å². The first-order valence-corrected chi connectivity index (χ1v) is 7.61. The molecule has 1 aromatic rings. The van der Waals surface area contributed by atoms with Crippen LogP contribution < -0.4 is 10.5 Å². The third-order valence-electron chi connectivity index (χ3n) is 3.10. The maximum absolute atomic E-state index is 12.6. The fraction of sp³-hybridized carbons (Fsp3) is 0.500. The molecular formula is C12H15F3N2O3S. The lowest BCUT2D eigenvalue weighted by Crippen LogP contribution is -2.40. The fourth-order valence-electron chi connectivity index (χ4n) is 1.96. The number of sulfonamides is 1. The number of ether oxygens (including phenoxy) is 1. The highest BCUT2D eigenvalue weighted by Crippen LogP contribution is 2.36. The van der Waals surface area contributed by atoms with E-state index in [4.69, 9.17) is 10.5 Å². The van der Waals surface area contributed by atoms with E-state index in [-0.39, 0.29) is 16.3 Å². The van der Waals surface area contributed by atoms with Crippen molar-refractivity contribution in [3.05, 3.63) is 18.2 Å². The zero-order valence-electron chi connectivity index (χ0n) is 11.2. The number of methoxy groups -OCH3 is 1. The van der Waals surface area contributed by atoms with E-state index < -0.39 is 28.8 Å². The fourth-order valence-corrected chi connectivity index (χ4v) is 3.66. The van der Waals surface area contributed by atoms with Crippen molar-refractivity contribution in [1.82, 2.24) is 4.31 Å². The zero-order chi connectivity index (χ0) is 15.8. The molecule has 0 saturated heterocycles. The first kappa shape index (κ1) is 15.9. The van der Waals surface area contributed by atoms with E-state index in [9.17, 15) is 21.6 Å². The molecule has 2 N–H and O–H groups in total. The molecule has 0 radical (unpaired) electrons. The van der Waals surface area contributed by atoms with E-state index in [0.717, 1.165) is 6.07 Å². The molecule has 1 aromatic carbocycles. The van der Waals surface area contributed by atoms with Gasteiger partial charge in [0.2, 0.25) is 10.0 Å². The van der Waals surface area contributed by atoms with Gasteiger partial charge in [0.1, 0.15) is 12.3 Å². The smallest absolute Gasteiger partial charge is 0.402 e. The van der Waals surface area contributed by atoms with Crippen molar-refractivity contribution < 1.29 is 26.3 Å². The van der Waals surface area contributed by atoms with Crippen LogP contribution in [0.15, 0.2) is 23.1 Å². The Kier molecular flexibility index (Phi) is 4.07. The van der Waals surface area contributed by atoms with Gasteiger partial charge in [0, 0.05) is 6.04 Å². The molecule has 0 bridgehead atoms. The van der Waals surface area contributed by atoms with Crippen molar-refractivity contribution in [2.24, 2.45) is 0 Å². The molecule has 9 heteroatoms. The number of nitrogens with zero attached hydrogens (tertiary/aromatic N) is 1. The van der Waals surface area contributed by atoms with E-state index in [1.54, 1.807) is 0 Å². The van der Waals surface area contributed by atoms with Gasteiger partial charge in [0.15, 0.2) is 0 Å². The first-order valence-electron chi connectivity index (χ1n) is 6.17. The third kappa shape index (κ3) is 3.59. The van der Waals surface area contributed by atoms with Crippen molar-refractivity contribution >= 4 is 15.7 Å². The van der Waals surface area contributed by atoms with Crippen LogP contribution in [0, 0.1) is 0 Å². The van der Waals surface area contributed by atoms with Gasteiger partial charge in [-0.25, -0.2) is 8.42 Å². The Morgan fingerprint density at radius 3 is 2.43 bits per heavy atom. The summed E-state index contributed by atoms with van der Waals surface area (Å²) in [5.41, 5.74) is 5.67. The summed E-state index contributed by atoms with van der Waals surface area (Å²) in [7, 11) is -2.88. The number of anilines is 1. The Bertz CT molecular complexity index is 627. The molecule has 118 valence electrons. The second-order valence-corrected chi connectivity index (χ2v) is 6.69. The predicted molar refractivity (Wildman–Crippen MR) is 70.4 cm³/mol. The van der Waals surface area contributed by atoms with Crippen molar-refractivity contribution in [2.45, 2.75) is 30.0 Å². The molecule has 5 nitrogen and oxygen atoms in total. The van der Waals surface area contributed by atoms with Crippen LogP contribution in [0.25, 0.3) is 0 Å². The van der Waals surface area contributed by atoms with Crippen LogP contribution in [0.4, 0.5) is 18.9 Å². The van der Waals surface area contributed by atoms with Gasteiger partial charge in [-0.05, 0) is 31.0 Å². The maximum Gasteiger partial charge on any atom is 0.402 e. The van der Waals surface area contributed by atoms with Gasteiger partial charge in [0.25, 0.3) is 0 Å². The van der Waals surface area contributed by atoms with E-state index in [1.807, 2.05) is 0 Å². The number of nitrogens with two attached hydrogens (primary N) is 1. The summed E-state index contributed by atoms with van der Waals surface area (Å²) in [4.78, 5) is -0.267. The van der Waals surface area contributed by atoms with E-state index in [2.05, 4.69) is 0 Å². The SMILES string of the molecule is COc1ccc(S(=O)(=O)N(CC(F)(F)F)C2CC2)cc1N. The maximum atomic E-state index is 12.6. The summed E-state index contributed by atoms with van der Waals surface area (Å²) in [6, 6.07) is 3.02. The van der Waals surface area contributed by atoms with Gasteiger partial charge in [0.05, 0.1) is 17.7 Å². The molecule has 1 saturated carbocycles. The molecule has 0 unspecified atom stereocenters. The molecule has 0 heterocycles. The van der Waals surface area contributed by atoms with Crippen molar-refractivity contribution in [3.63, 3.8) is 0 Å². The Labute approximate surface area is 120 Å². The molecule has 1 aliphatic rings. The molecule has 21 heavy (non-hydrogen) atoms. The van der Waals surface area contributed by atoms with Gasteiger partial charge >= 0.3 is 6.18 Å². The highest BCUT2D eigenvalue weighted by Gasteiger charge is 2.44. The lowest BCUT2D eigenvalue weighted by Gasteiger charge is -2.23. The van der Waals surface area contributed by atoms with Crippen LogP contribution in [0.5, 0.6) is 5.75 Å². The monoisotopic (exact) mass is 324 g/mol. The van der Waals surface area contributed by atoms with Gasteiger partial charge in [-0.3, -0.25) is 0 Å². The van der Waals surface area contributed by atoms with Crippen LogP contribution in [0.2, 0.25) is 0 Å². The summed E-state index contributed by atoms with van der Waals surface area (Å²) < 4.78 is 67.9. The average Bonchev–Trinajstić information content (AvgIpc) is 3.18. The number of halogens is 3. The number of hydrogen-bond donors (Lipinski definition) is 1. The van der Waals surface area contributed by atoms with E-state index >= 15 is 0 Å². The first-order chi connectivity index (χ1) is 9.65. The predicted octanol–water partition coefficient (Wildman–Crippen LogP) is 1.99. The molecule has 0 atom stereocenters. The average molecular weight is 324 g/mol. The number of hydrogen-bond acceptors (Lipinski definition) is 4. The zero-order valence-corrected chi connectivity index (χ0v) is 12.0. The van der Waals surface area contributed by atoms with Crippen LogP contribution in [-0.4, -0.2) is 38.6 Å². The number of rotatable bonds is 5. The van der Waals surface area contributed by atoms with Gasteiger partial charge < -0.3 is 10.5 Å². The van der Waals surface area contributed by atoms with Crippen molar-refractivity contribution in [3.8, 4) is 5.75 Å². The van der Waals surface area contributed by atoms with Crippen LogP contribution in [-0.2, 0) is 10.0 Å². The number of benzene rings is 1. The summed E-state index contributed by atoms with van der Waals surface area (Å²) in [6.07, 6.45) is -3.73. The number of alkyl halides is 3. The second-order valence-electron chi connectivity index (χ2n) is 4.80.